The van der Waals surface area contributed by atoms with Gasteiger partial charge in [0.2, 0.25) is 0 Å². The molecule has 120 valence electrons. The van der Waals surface area contributed by atoms with E-state index in [1.165, 1.54) is 6.21 Å². The van der Waals surface area contributed by atoms with Crippen LogP contribution in [-0.2, 0) is 6.61 Å². The molecular weight excluding hydrogens is 494 g/mol. The molecule has 3 N–H and O–H groups in total. The number of hydrogen-bond donors (Lipinski definition) is 2. The van der Waals surface area contributed by atoms with Gasteiger partial charge in [0.05, 0.1) is 15.2 Å². The molecular formula is C15H12Br3N3O2. The molecule has 0 aromatic heterocycles. The van der Waals surface area contributed by atoms with E-state index in [9.17, 15) is 4.79 Å². The number of carbonyl (C=O) groups excluding carboxylic acids is 1. The predicted octanol–water partition coefficient (Wildman–Crippen LogP) is 4.56. The Labute approximate surface area is 158 Å². The molecule has 23 heavy (non-hydrogen) atoms. The number of ether oxygens (including phenoxy) is 1. The second kappa shape index (κ2) is 8.47. The summed E-state index contributed by atoms with van der Waals surface area (Å²) in [5.74, 6) is 0.688. The number of primary amides is 1. The number of amides is 2. The summed E-state index contributed by atoms with van der Waals surface area (Å²) >= 11 is 10.3. The van der Waals surface area contributed by atoms with Crippen molar-refractivity contribution in [3.05, 3.63) is 60.9 Å². The largest absolute Gasteiger partial charge is 0.487 e. The number of hydrogen-bond acceptors (Lipinski definition) is 3. The van der Waals surface area contributed by atoms with Crippen LogP contribution in [0.3, 0.4) is 0 Å². The zero-order chi connectivity index (χ0) is 16.8. The van der Waals surface area contributed by atoms with Crippen LogP contribution < -0.4 is 15.9 Å². The molecule has 5 nitrogen and oxygen atoms in total. The van der Waals surface area contributed by atoms with Crippen LogP contribution in [-0.4, -0.2) is 12.2 Å². The van der Waals surface area contributed by atoms with Crippen LogP contribution in [0.5, 0.6) is 5.75 Å². The molecule has 8 heteroatoms. The summed E-state index contributed by atoms with van der Waals surface area (Å²) in [5, 5.41) is 3.72. The first-order chi connectivity index (χ1) is 11.0. The Hall–Kier alpha value is -1.38. The van der Waals surface area contributed by atoms with Crippen LogP contribution in [0.25, 0.3) is 0 Å². The Morgan fingerprint density at radius 2 is 1.78 bits per heavy atom. The van der Waals surface area contributed by atoms with Crippen molar-refractivity contribution in [1.29, 1.82) is 0 Å². The lowest BCUT2D eigenvalue weighted by Crippen LogP contribution is -2.24. The van der Waals surface area contributed by atoms with E-state index in [-0.39, 0.29) is 0 Å². The average molecular weight is 506 g/mol. The molecule has 2 aromatic rings. The molecule has 0 spiro atoms. The average Bonchev–Trinajstić information content (AvgIpc) is 2.48. The molecule has 0 aliphatic carbocycles. The van der Waals surface area contributed by atoms with E-state index in [4.69, 9.17) is 10.5 Å². The molecule has 0 unspecified atom stereocenters. The minimum atomic E-state index is -0.714. The topological polar surface area (TPSA) is 76.7 Å². The molecule has 0 heterocycles. The molecule has 0 atom stereocenters. The molecule has 0 radical (unpaired) electrons. The first kappa shape index (κ1) is 18.0. The van der Waals surface area contributed by atoms with Crippen molar-refractivity contribution < 1.29 is 9.53 Å². The van der Waals surface area contributed by atoms with E-state index in [1.807, 2.05) is 36.4 Å². The molecule has 0 saturated heterocycles. The van der Waals surface area contributed by atoms with Crippen molar-refractivity contribution in [2.45, 2.75) is 6.61 Å². The second-order valence-corrected chi connectivity index (χ2v) is 7.09. The SMILES string of the molecule is NC(=O)N/N=C\c1cc(Br)c(OCc2ccc(Br)cc2)c(Br)c1. The van der Waals surface area contributed by atoms with Crippen LogP contribution in [0.2, 0.25) is 0 Å². The summed E-state index contributed by atoms with van der Waals surface area (Å²) < 4.78 is 8.41. The van der Waals surface area contributed by atoms with Gasteiger partial charge in [-0.3, -0.25) is 0 Å². The van der Waals surface area contributed by atoms with E-state index < -0.39 is 6.03 Å². The number of nitrogens with one attached hydrogen (secondary N) is 1. The smallest absolute Gasteiger partial charge is 0.332 e. The molecule has 0 saturated carbocycles. The zero-order valence-corrected chi connectivity index (χ0v) is 16.5. The highest BCUT2D eigenvalue weighted by atomic mass is 79.9. The van der Waals surface area contributed by atoms with Crippen LogP contribution >= 0.6 is 47.8 Å². The second-order valence-electron chi connectivity index (χ2n) is 4.46. The summed E-state index contributed by atoms with van der Waals surface area (Å²) in [4.78, 5) is 10.6. The number of urea groups is 1. The van der Waals surface area contributed by atoms with Gasteiger partial charge < -0.3 is 10.5 Å². The van der Waals surface area contributed by atoms with Crippen LogP contribution in [0, 0.1) is 0 Å². The van der Waals surface area contributed by atoms with Crippen molar-refractivity contribution in [3.63, 3.8) is 0 Å². The number of halogens is 3. The van der Waals surface area contributed by atoms with Gasteiger partial charge in [0, 0.05) is 4.47 Å². The molecule has 2 rings (SSSR count). The summed E-state index contributed by atoms with van der Waals surface area (Å²) in [6.45, 7) is 0.446. The summed E-state index contributed by atoms with van der Waals surface area (Å²) in [7, 11) is 0. The van der Waals surface area contributed by atoms with Gasteiger partial charge >= 0.3 is 6.03 Å². The number of benzene rings is 2. The minimum Gasteiger partial charge on any atom is -0.487 e. The highest BCUT2D eigenvalue weighted by Crippen LogP contribution is 2.35. The van der Waals surface area contributed by atoms with Gasteiger partial charge in [-0.05, 0) is 67.3 Å². The third-order valence-electron chi connectivity index (χ3n) is 2.71. The van der Waals surface area contributed by atoms with Crippen LogP contribution in [0.1, 0.15) is 11.1 Å². The zero-order valence-electron chi connectivity index (χ0n) is 11.7. The molecule has 0 aliphatic heterocycles. The Bertz CT molecular complexity index is 710. The number of nitrogens with two attached hydrogens (primary N) is 1. The van der Waals surface area contributed by atoms with Gasteiger partial charge in [0.1, 0.15) is 12.4 Å². The Balaban J connectivity index is 2.09. The Morgan fingerprint density at radius 3 is 2.35 bits per heavy atom. The minimum absolute atomic E-state index is 0.446. The standard InChI is InChI=1S/C15H12Br3N3O2/c16-11-3-1-9(2-4-11)8-23-14-12(17)5-10(6-13(14)18)7-20-21-15(19)22/h1-7H,8H2,(H3,19,21,22)/b20-7-. The lowest BCUT2D eigenvalue weighted by Gasteiger charge is -2.11. The lowest BCUT2D eigenvalue weighted by molar-refractivity contribution is 0.249. The maximum absolute atomic E-state index is 10.6. The maximum atomic E-state index is 10.6. The highest BCUT2D eigenvalue weighted by molar-refractivity contribution is 9.11. The van der Waals surface area contributed by atoms with Gasteiger partial charge in [-0.2, -0.15) is 5.10 Å². The summed E-state index contributed by atoms with van der Waals surface area (Å²) in [6, 6.07) is 10.9. The van der Waals surface area contributed by atoms with E-state index >= 15 is 0 Å². The third-order valence-corrected chi connectivity index (χ3v) is 4.41. The predicted molar refractivity (Wildman–Crippen MR) is 101 cm³/mol. The van der Waals surface area contributed by atoms with E-state index in [1.54, 1.807) is 0 Å². The highest BCUT2D eigenvalue weighted by Gasteiger charge is 2.09. The van der Waals surface area contributed by atoms with Gasteiger partial charge in [-0.1, -0.05) is 28.1 Å². The third kappa shape index (κ3) is 5.63. The van der Waals surface area contributed by atoms with Crippen LogP contribution in [0.4, 0.5) is 4.79 Å². The molecule has 2 amide bonds. The Morgan fingerprint density at radius 1 is 1.17 bits per heavy atom. The van der Waals surface area contributed by atoms with Gasteiger partial charge in [-0.15, -0.1) is 0 Å². The summed E-state index contributed by atoms with van der Waals surface area (Å²) in [6.07, 6.45) is 1.48. The fourth-order valence-corrected chi connectivity index (χ4v) is 3.41. The summed E-state index contributed by atoms with van der Waals surface area (Å²) in [5.41, 5.74) is 8.91. The lowest BCUT2D eigenvalue weighted by atomic mass is 10.2. The van der Waals surface area contributed by atoms with E-state index in [2.05, 4.69) is 58.3 Å². The normalized spacial score (nSPS) is 10.7. The van der Waals surface area contributed by atoms with Crippen molar-refractivity contribution >= 4 is 60.0 Å². The van der Waals surface area contributed by atoms with E-state index in [0.29, 0.717) is 12.4 Å². The number of rotatable bonds is 5. The van der Waals surface area contributed by atoms with Crippen molar-refractivity contribution in [2.75, 3.05) is 0 Å². The van der Waals surface area contributed by atoms with Crippen molar-refractivity contribution in [2.24, 2.45) is 10.8 Å². The first-order valence-electron chi connectivity index (χ1n) is 6.40. The number of hydrazone groups is 1. The number of carbonyl (C=O) groups is 1. The quantitative estimate of drug-likeness (QED) is 0.462. The van der Waals surface area contributed by atoms with Crippen molar-refractivity contribution in [1.82, 2.24) is 5.43 Å². The maximum Gasteiger partial charge on any atom is 0.332 e. The van der Waals surface area contributed by atoms with E-state index in [0.717, 1.165) is 24.5 Å². The first-order valence-corrected chi connectivity index (χ1v) is 8.78. The molecule has 0 fully saturated rings. The fourth-order valence-electron chi connectivity index (χ4n) is 1.70. The fraction of sp³-hybridized carbons (Fsp3) is 0.0667. The van der Waals surface area contributed by atoms with Crippen LogP contribution in [0.15, 0.2) is 54.9 Å². The molecule has 0 bridgehead atoms. The molecule has 2 aromatic carbocycles. The number of nitrogens with zero attached hydrogens (tertiary/aromatic N) is 1. The monoisotopic (exact) mass is 503 g/mol. The molecule has 0 aliphatic rings. The van der Waals surface area contributed by atoms with Crippen molar-refractivity contribution in [3.8, 4) is 5.75 Å². The van der Waals surface area contributed by atoms with Gasteiger partial charge in [0.15, 0.2) is 0 Å². The van der Waals surface area contributed by atoms with Gasteiger partial charge in [0.25, 0.3) is 0 Å². The Kier molecular flexibility index (Phi) is 6.61. The van der Waals surface area contributed by atoms with Gasteiger partial charge in [-0.25, -0.2) is 10.2 Å².